The third-order valence-electron chi connectivity index (χ3n) is 4.92. The first-order valence-corrected chi connectivity index (χ1v) is 9.72. The fourth-order valence-electron chi connectivity index (χ4n) is 3.60. The van der Waals surface area contributed by atoms with Crippen LogP contribution in [0.5, 0.6) is 5.88 Å². The van der Waals surface area contributed by atoms with E-state index in [0.717, 1.165) is 11.8 Å². The number of anilines is 2. The molecule has 0 fully saturated rings. The van der Waals surface area contributed by atoms with Crippen LogP contribution >= 0.6 is 15.9 Å². The number of pyridine rings is 1. The lowest BCUT2D eigenvalue weighted by Gasteiger charge is -2.21. The summed E-state index contributed by atoms with van der Waals surface area (Å²) < 4.78 is 34.9. The molecule has 0 amide bonds. The van der Waals surface area contributed by atoms with Crippen molar-refractivity contribution in [3.05, 3.63) is 73.7 Å². The molecule has 2 aromatic heterocycles. The molecule has 1 atom stereocenters. The Morgan fingerprint density at radius 1 is 1.21 bits per heavy atom. The monoisotopic (exact) mass is 462 g/mol. The number of halogens is 3. The SMILES string of the molecule is COc1ccc(Nc2nc(=O)c(Br)c3n2C(c2cc(F)cc(F)c2)CC3)c(C)n1. The van der Waals surface area contributed by atoms with Gasteiger partial charge in [0.1, 0.15) is 16.1 Å². The van der Waals surface area contributed by atoms with E-state index >= 15 is 0 Å². The zero-order chi connectivity index (χ0) is 20.7. The summed E-state index contributed by atoms with van der Waals surface area (Å²) in [6.07, 6.45) is 1.15. The lowest BCUT2D eigenvalue weighted by Crippen LogP contribution is -2.21. The number of hydrogen-bond donors (Lipinski definition) is 1. The molecule has 0 bridgehead atoms. The Balaban J connectivity index is 1.83. The van der Waals surface area contributed by atoms with Crippen LogP contribution in [-0.4, -0.2) is 21.6 Å². The Bertz CT molecular complexity index is 1150. The summed E-state index contributed by atoms with van der Waals surface area (Å²) in [6.45, 7) is 1.80. The highest BCUT2D eigenvalue weighted by Gasteiger charge is 2.30. The average molecular weight is 463 g/mol. The second-order valence-corrected chi connectivity index (χ2v) is 7.53. The number of benzene rings is 1. The minimum absolute atomic E-state index is 0.287. The van der Waals surface area contributed by atoms with Gasteiger partial charge in [0, 0.05) is 17.8 Å². The van der Waals surface area contributed by atoms with Gasteiger partial charge < -0.3 is 14.6 Å². The molecule has 1 aromatic carbocycles. The van der Waals surface area contributed by atoms with Crippen molar-refractivity contribution in [1.29, 1.82) is 0 Å². The predicted molar refractivity (Wildman–Crippen MR) is 108 cm³/mol. The molecule has 9 heteroatoms. The van der Waals surface area contributed by atoms with E-state index in [2.05, 4.69) is 31.2 Å². The van der Waals surface area contributed by atoms with E-state index in [1.807, 2.05) is 4.57 Å². The Morgan fingerprint density at radius 3 is 2.59 bits per heavy atom. The summed E-state index contributed by atoms with van der Waals surface area (Å²) >= 11 is 3.31. The van der Waals surface area contributed by atoms with E-state index < -0.39 is 17.2 Å². The summed E-state index contributed by atoms with van der Waals surface area (Å²) in [5, 5.41) is 3.15. The number of aryl methyl sites for hydroxylation is 1. The molecule has 0 saturated carbocycles. The Hall–Kier alpha value is -2.81. The molecule has 150 valence electrons. The fraction of sp³-hybridized carbons (Fsp3) is 0.250. The van der Waals surface area contributed by atoms with Gasteiger partial charge in [0.15, 0.2) is 0 Å². The Morgan fingerprint density at radius 2 is 1.93 bits per heavy atom. The van der Waals surface area contributed by atoms with E-state index in [4.69, 9.17) is 4.74 Å². The van der Waals surface area contributed by atoms with Gasteiger partial charge in [0.2, 0.25) is 11.8 Å². The quantitative estimate of drug-likeness (QED) is 0.626. The van der Waals surface area contributed by atoms with Crippen molar-refractivity contribution in [3.63, 3.8) is 0 Å². The molecule has 29 heavy (non-hydrogen) atoms. The standard InChI is InChI=1S/C20H17BrF2N4O2/c1-10-14(3-6-17(24-10)29-2)25-20-26-19(28)18(21)16-5-4-15(27(16)20)11-7-12(22)9-13(23)8-11/h3,6-9,15H,4-5H2,1-2H3,(H,25,26,28). The van der Waals surface area contributed by atoms with Crippen molar-refractivity contribution in [2.24, 2.45) is 0 Å². The number of hydrogen-bond acceptors (Lipinski definition) is 5. The molecule has 1 aliphatic rings. The van der Waals surface area contributed by atoms with Gasteiger partial charge in [-0.25, -0.2) is 13.8 Å². The highest BCUT2D eigenvalue weighted by atomic mass is 79.9. The summed E-state index contributed by atoms with van der Waals surface area (Å²) in [5.74, 6) is -0.541. The van der Waals surface area contributed by atoms with E-state index in [-0.39, 0.29) is 12.0 Å². The number of nitrogens with one attached hydrogen (secondary N) is 1. The van der Waals surface area contributed by atoms with Gasteiger partial charge in [-0.3, -0.25) is 4.79 Å². The molecule has 3 heterocycles. The number of ether oxygens (including phenoxy) is 1. The maximum absolute atomic E-state index is 13.8. The molecule has 3 aromatic rings. The molecule has 1 unspecified atom stereocenters. The minimum Gasteiger partial charge on any atom is -0.481 e. The smallest absolute Gasteiger partial charge is 0.289 e. The summed E-state index contributed by atoms with van der Waals surface area (Å²) in [7, 11) is 1.53. The van der Waals surface area contributed by atoms with Gasteiger partial charge in [0.25, 0.3) is 5.56 Å². The van der Waals surface area contributed by atoms with Gasteiger partial charge in [-0.15, -0.1) is 0 Å². The number of rotatable bonds is 4. The molecule has 0 radical (unpaired) electrons. The third-order valence-corrected chi connectivity index (χ3v) is 5.72. The van der Waals surface area contributed by atoms with Crippen molar-refractivity contribution in [2.45, 2.75) is 25.8 Å². The Kier molecular flexibility index (Phi) is 5.08. The molecule has 6 nitrogen and oxygen atoms in total. The highest BCUT2D eigenvalue weighted by Crippen LogP contribution is 2.37. The summed E-state index contributed by atoms with van der Waals surface area (Å²) in [4.78, 5) is 20.8. The third kappa shape index (κ3) is 3.62. The molecule has 0 aliphatic carbocycles. The van der Waals surface area contributed by atoms with Crippen molar-refractivity contribution in [2.75, 3.05) is 12.4 Å². The number of aromatic nitrogens is 3. The molecule has 1 N–H and O–H groups in total. The first-order chi connectivity index (χ1) is 13.9. The lowest BCUT2D eigenvalue weighted by molar-refractivity contribution is 0.397. The Labute approximate surface area is 173 Å². The summed E-state index contributed by atoms with van der Waals surface area (Å²) in [5.41, 5.74) is 2.09. The topological polar surface area (TPSA) is 69.0 Å². The lowest BCUT2D eigenvalue weighted by atomic mass is 10.0. The zero-order valence-corrected chi connectivity index (χ0v) is 17.3. The fourth-order valence-corrected chi connectivity index (χ4v) is 4.08. The number of fused-ring (bicyclic) bond motifs is 1. The van der Waals surface area contributed by atoms with Crippen LogP contribution in [0.25, 0.3) is 0 Å². The van der Waals surface area contributed by atoms with Gasteiger partial charge in [-0.2, -0.15) is 4.98 Å². The second-order valence-electron chi connectivity index (χ2n) is 6.74. The molecular formula is C20H17BrF2N4O2. The highest BCUT2D eigenvalue weighted by molar-refractivity contribution is 9.10. The summed E-state index contributed by atoms with van der Waals surface area (Å²) in [6, 6.07) is 6.54. The molecule has 0 spiro atoms. The van der Waals surface area contributed by atoms with Crippen LogP contribution in [0.2, 0.25) is 0 Å². The molecular weight excluding hydrogens is 446 g/mol. The van der Waals surface area contributed by atoms with Crippen LogP contribution in [-0.2, 0) is 6.42 Å². The van der Waals surface area contributed by atoms with Gasteiger partial charge >= 0.3 is 0 Å². The van der Waals surface area contributed by atoms with Crippen LogP contribution in [0.1, 0.15) is 29.4 Å². The maximum Gasteiger partial charge on any atom is 0.289 e. The van der Waals surface area contributed by atoms with Gasteiger partial charge in [0.05, 0.1) is 24.5 Å². The zero-order valence-electron chi connectivity index (χ0n) is 15.7. The van der Waals surface area contributed by atoms with Crippen molar-refractivity contribution in [1.82, 2.24) is 14.5 Å². The predicted octanol–water partition coefficient (Wildman–Crippen LogP) is 4.28. The first kappa shape index (κ1) is 19.5. The van der Waals surface area contributed by atoms with E-state index in [9.17, 15) is 13.6 Å². The number of nitrogens with zero attached hydrogens (tertiary/aromatic N) is 3. The van der Waals surface area contributed by atoms with Crippen molar-refractivity contribution >= 4 is 27.6 Å². The van der Waals surface area contributed by atoms with Crippen LogP contribution in [0, 0.1) is 18.6 Å². The molecule has 0 saturated heterocycles. The van der Waals surface area contributed by atoms with E-state index in [1.165, 1.54) is 19.2 Å². The molecule has 4 rings (SSSR count). The maximum atomic E-state index is 13.8. The average Bonchev–Trinajstić information content (AvgIpc) is 3.12. The van der Waals surface area contributed by atoms with E-state index in [1.54, 1.807) is 19.1 Å². The largest absolute Gasteiger partial charge is 0.481 e. The van der Waals surface area contributed by atoms with Gasteiger partial charge in [-0.1, -0.05) is 0 Å². The van der Waals surface area contributed by atoms with Crippen LogP contribution < -0.4 is 15.6 Å². The van der Waals surface area contributed by atoms with Crippen LogP contribution in [0.4, 0.5) is 20.4 Å². The molecule has 1 aliphatic heterocycles. The van der Waals surface area contributed by atoms with Gasteiger partial charge in [-0.05, 0) is 59.5 Å². The van der Waals surface area contributed by atoms with Crippen molar-refractivity contribution < 1.29 is 13.5 Å². The van der Waals surface area contributed by atoms with Crippen molar-refractivity contribution in [3.8, 4) is 5.88 Å². The first-order valence-electron chi connectivity index (χ1n) is 8.93. The second kappa shape index (κ2) is 7.55. The van der Waals surface area contributed by atoms with E-state index in [0.29, 0.717) is 40.1 Å². The van der Waals surface area contributed by atoms with Crippen LogP contribution in [0.15, 0.2) is 39.6 Å². The minimum atomic E-state index is -0.647. The normalized spacial score (nSPS) is 15.3. The van der Waals surface area contributed by atoms with Crippen LogP contribution in [0.3, 0.4) is 0 Å². The number of methoxy groups -OCH3 is 1.